The topological polar surface area (TPSA) is 42.0 Å². The normalized spacial score (nSPS) is 10.6. The van der Waals surface area contributed by atoms with Crippen LogP contribution in [0, 0.1) is 0 Å². The van der Waals surface area contributed by atoms with E-state index in [1.54, 1.807) is 24.4 Å². The van der Waals surface area contributed by atoms with E-state index in [0.29, 0.717) is 12.2 Å². The first-order valence-corrected chi connectivity index (χ1v) is 4.89. The molecule has 1 N–H and O–H groups in total. The second-order valence-electron chi connectivity index (χ2n) is 3.12. The summed E-state index contributed by atoms with van der Waals surface area (Å²) in [7, 11) is 0. The monoisotopic (exact) mass is 214 g/mol. The molecule has 16 heavy (non-hydrogen) atoms. The summed E-state index contributed by atoms with van der Waals surface area (Å²) in [6.07, 6.45) is 7.64. The number of nitrogens with one attached hydrogen (secondary N) is 1. The van der Waals surface area contributed by atoms with Gasteiger partial charge in [0.2, 0.25) is 0 Å². The third-order valence-electron chi connectivity index (χ3n) is 1.98. The minimum absolute atomic E-state index is 0.439. The lowest BCUT2D eigenvalue weighted by molar-refractivity contribution is 0.111. The molecule has 0 fully saturated rings. The number of aromatic nitrogens is 1. The molecule has 3 heteroatoms. The van der Waals surface area contributed by atoms with Crippen LogP contribution >= 0.6 is 0 Å². The van der Waals surface area contributed by atoms with Crippen LogP contribution in [0.25, 0.3) is 0 Å². The van der Waals surface area contributed by atoms with Gasteiger partial charge in [-0.2, -0.15) is 0 Å². The molecule has 1 rings (SSSR count). The van der Waals surface area contributed by atoms with Gasteiger partial charge in [0.1, 0.15) is 5.69 Å². The van der Waals surface area contributed by atoms with E-state index in [0.717, 1.165) is 17.5 Å². The van der Waals surface area contributed by atoms with Crippen molar-refractivity contribution in [3.63, 3.8) is 0 Å². The van der Waals surface area contributed by atoms with E-state index in [9.17, 15) is 4.79 Å². The van der Waals surface area contributed by atoms with Gasteiger partial charge < -0.3 is 5.32 Å². The SMILES string of the molecule is C=C/C=C(\C=C)NCc1ccc(C=O)nc1. The van der Waals surface area contributed by atoms with Crippen LogP contribution < -0.4 is 5.32 Å². The standard InChI is InChI=1S/C13H14N2O/c1-3-5-12(4-2)14-8-11-6-7-13(10-16)15-9-11/h3-7,9-10,14H,1-2,8H2/b12-5+. The van der Waals surface area contributed by atoms with Crippen molar-refractivity contribution in [2.75, 3.05) is 0 Å². The Hall–Kier alpha value is -2.16. The highest BCUT2D eigenvalue weighted by Gasteiger charge is 1.95. The Kier molecular flexibility index (Phi) is 4.73. The molecule has 0 aliphatic carbocycles. The molecule has 0 aliphatic heterocycles. The summed E-state index contributed by atoms with van der Waals surface area (Å²) < 4.78 is 0. The van der Waals surface area contributed by atoms with E-state index >= 15 is 0 Å². The van der Waals surface area contributed by atoms with Crippen LogP contribution in [0.1, 0.15) is 16.1 Å². The Bertz CT molecular complexity index is 404. The van der Waals surface area contributed by atoms with E-state index in [-0.39, 0.29) is 0 Å². The first-order valence-electron chi connectivity index (χ1n) is 4.89. The van der Waals surface area contributed by atoms with Crippen LogP contribution in [0.15, 0.2) is 55.4 Å². The summed E-state index contributed by atoms with van der Waals surface area (Å²) in [5.41, 5.74) is 2.34. The summed E-state index contributed by atoms with van der Waals surface area (Å²) in [5.74, 6) is 0. The summed E-state index contributed by atoms with van der Waals surface area (Å²) in [5, 5.41) is 3.17. The Morgan fingerprint density at radius 1 is 1.44 bits per heavy atom. The largest absolute Gasteiger partial charge is 0.381 e. The first kappa shape index (κ1) is 11.9. The van der Waals surface area contributed by atoms with Gasteiger partial charge in [0, 0.05) is 18.4 Å². The number of carbonyl (C=O) groups excluding carboxylic acids is 1. The summed E-state index contributed by atoms with van der Waals surface area (Å²) in [4.78, 5) is 14.4. The van der Waals surface area contributed by atoms with E-state index in [2.05, 4.69) is 23.5 Å². The fourth-order valence-electron chi connectivity index (χ4n) is 1.14. The zero-order chi connectivity index (χ0) is 11.8. The Morgan fingerprint density at radius 3 is 2.75 bits per heavy atom. The highest BCUT2D eigenvalue weighted by molar-refractivity contribution is 5.71. The number of hydrogen-bond donors (Lipinski definition) is 1. The molecule has 1 heterocycles. The Balaban J connectivity index is 2.60. The number of aldehydes is 1. The van der Waals surface area contributed by atoms with Crippen LogP contribution in [0.3, 0.4) is 0 Å². The van der Waals surface area contributed by atoms with Crippen molar-refractivity contribution < 1.29 is 4.79 Å². The van der Waals surface area contributed by atoms with E-state index in [1.807, 2.05) is 12.1 Å². The summed E-state index contributed by atoms with van der Waals surface area (Å²) in [6, 6.07) is 3.55. The molecule has 0 aliphatic rings. The predicted octanol–water partition coefficient (Wildman–Crippen LogP) is 2.24. The molecule has 0 amide bonds. The number of pyridine rings is 1. The van der Waals surface area contributed by atoms with Crippen LogP contribution in [0.5, 0.6) is 0 Å². The van der Waals surface area contributed by atoms with Crippen LogP contribution in [0.4, 0.5) is 0 Å². The lowest BCUT2D eigenvalue weighted by Crippen LogP contribution is -2.11. The minimum Gasteiger partial charge on any atom is -0.381 e. The summed E-state index contributed by atoms with van der Waals surface area (Å²) in [6.45, 7) is 7.93. The third kappa shape index (κ3) is 3.53. The lowest BCUT2D eigenvalue weighted by atomic mass is 10.2. The number of nitrogens with zero attached hydrogens (tertiary/aromatic N) is 1. The van der Waals surface area contributed by atoms with Crippen molar-refractivity contribution in [2.45, 2.75) is 6.54 Å². The molecule has 1 aromatic rings. The lowest BCUT2D eigenvalue weighted by Gasteiger charge is -2.06. The molecule has 82 valence electrons. The summed E-state index contributed by atoms with van der Waals surface area (Å²) >= 11 is 0. The van der Waals surface area contributed by atoms with Crippen molar-refractivity contribution >= 4 is 6.29 Å². The number of allylic oxidation sites excluding steroid dienone is 3. The number of hydrogen-bond acceptors (Lipinski definition) is 3. The molecule has 0 bridgehead atoms. The smallest absolute Gasteiger partial charge is 0.168 e. The molecule has 1 aromatic heterocycles. The number of rotatable bonds is 6. The number of carbonyl (C=O) groups is 1. The molecule has 0 radical (unpaired) electrons. The van der Waals surface area contributed by atoms with Crippen molar-refractivity contribution in [2.24, 2.45) is 0 Å². The van der Waals surface area contributed by atoms with Gasteiger partial charge >= 0.3 is 0 Å². The second-order valence-corrected chi connectivity index (χ2v) is 3.12. The highest BCUT2D eigenvalue weighted by Crippen LogP contribution is 2.00. The van der Waals surface area contributed by atoms with Crippen molar-refractivity contribution in [3.8, 4) is 0 Å². The van der Waals surface area contributed by atoms with Gasteiger partial charge in [0.25, 0.3) is 0 Å². The van der Waals surface area contributed by atoms with E-state index < -0.39 is 0 Å². The van der Waals surface area contributed by atoms with Crippen LogP contribution in [-0.2, 0) is 6.54 Å². The van der Waals surface area contributed by atoms with Gasteiger partial charge in [-0.1, -0.05) is 25.3 Å². The molecular weight excluding hydrogens is 200 g/mol. The van der Waals surface area contributed by atoms with Gasteiger partial charge in [-0.15, -0.1) is 0 Å². The van der Waals surface area contributed by atoms with Crippen molar-refractivity contribution in [1.29, 1.82) is 0 Å². The third-order valence-corrected chi connectivity index (χ3v) is 1.98. The molecule has 0 aromatic carbocycles. The Labute approximate surface area is 95.2 Å². The zero-order valence-corrected chi connectivity index (χ0v) is 9.02. The molecule has 3 nitrogen and oxygen atoms in total. The van der Waals surface area contributed by atoms with E-state index in [1.165, 1.54) is 0 Å². The van der Waals surface area contributed by atoms with Gasteiger partial charge in [0.15, 0.2) is 6.29 Å². The van der Waals surface area contributed by atoms with Crippen LogP contribution in [0.2, 0.25) is 0 Å². The average molecular weight is 214 g/mol. The molecule has 0 atom stereocenters. The zero-order valence-electron chi connectivity index (χ0n) is 9.02. The van der Waals surface area contributed by atoms with Crippen molar-refractivity contribution in [3.05, 3.63) is 66.7 Å². The fraction of sp³-hybridized carbons (Fsp3) is 0.0769. The molecule has 0 unspecified atom stereocenters. The molecule has 0 saturated carbocycles. The van der Waals surface area contributed by atoms with Crippen LogP contribution in [-0.4, -0.2) is 11.3 Å². The quantitative estimate of drug-likeness (QED) is 0.583. The average Bonchev–Trinajstić information content (AvgIpc) is 2.35. The van der Waals surface area contributed by atoms with Gasteiger partial charge in [-0.25, -0.2) is 0 Å². The van der Waals surface area contributed by atoms with Gasteiger partial charge in [-0.3, -0.25) is 9.78 Å². The van der Waals surface area contributed by atoms with Gasteiger partial charge in [-0.05, 0) is 23.8 Å². The fourth-order valence-corrected chi connectivity index (χ4v) is 1.14. The minimum atomic E-state index is 0.439. The first-order chi connectivity index (χ1) is 7.80. The molecule has 0 spiro atoms. The van der Waals surface area contributed by atoms with Gasteiger partial charge in [0.05, 0.1) is 0 Å². The van der Waals surface area contributed by atoms with Crippen molar-refractivity contribution in [1.82, 2.24) is 10.3 Å². The maximum absolute atomic E-state index is 10.4. The highest BCUT2D eigenvalue weighted by atomic mass is 16.1. The predicted molar refractivity (Wildman–Crippen MR) is 64.9 cm³/mol. The second kappa shape index (κ2) is 6.35. The Morgan fingerprint density at radius 2 is 2.25 bits per heavy atom. The maximum atomic E-state index is 10.4. The molecule has 0 saturated heterocycles. The van der Waals surface area contributed by atoms with E-state index in [4.69, 9.17) is 0 Å². The molecular formula is C13H14N2O. The maximum Gasteiger partial charge on any atom is 0.168 e.